The van der Waals surface area contributed by atoms with Crippen molar-refractivity contribution in [1.29, 1.82) is 0 Å². The van der Waals surface area contributed by atoms with Crippen molar-refractivity contribution < 1.29 is 34.5 Å². The minimum atomic E-state index is -2.62. The van der Waals surface area contributed by atoms with E-state index in [0.717, 1.165) is 38.5 Å². The number of hydrogen-bond donors (Lipinski definition) is 5. The summed E-state index contributed by atoms with van der Waals surface area (Å²) in [5.74, 6) is -1.48. The number of aliphatic carboxylic acids is 2. The smallest absolute Gasteiger partial charge is 0.324 e. The quantitative estimate of drug-likeness (QED) is 0.319. The molecule has 0 amide bonds. The first-order chi connectivity index (χ1) is 8.36. The summed E-state index contributed by atoms with van der Waals surface area (Å²) in [7, 11) is -2.62. The first-order valence-electron chi connectivity index (χ1n) is 5.66. The van der Waals surface area contributed by atoms with Gasteiger partial charge in [-0.1, -0.05) is 25.7 Å². The molecular formula is C10H21O7P. The molecule has 0 aliphatic carbocycles. The Morgan fingerprint density at radius 3 is 1.11 bits per heavy atom. The zero-order valence-electron chi connectivity index (χ0n) is 10.2. The molecule has 8 heteroatoms. The molecule has 7 nitrogen and oxygen atoms in total. The number of rotatable bonds is 9. The van der Waals surface area contributed by atoms with Crippen LogP contribution in [-0.4, -0.2) is 36.8 Å². The Morgan fingerprint density at radius 2 is 0.889 bits per heavy atom. The van der Waals surface area contributed by atoms with Crippen molar-refractivity contribution in [2.24, 2.45) is 0 Å². The maximum Gasteiger partial charge on any atom is 0.324 e. The predicted molar refractivity (Wildman–Crippen MR) is 65.8 cm³/mol. The van der Waals surface area contributed by atoms with E-state index in [0.29, 0.717) is 0 Å². The SMILES string of the molecule is O=C(O)CCCCCCCCC(=O)O.OP(O)O. The van der Waals surface area contributed by atoms with Crippen LogP contribution in [0.2, 0.25) is 0 Å². The maximum absolute atomic E-state index is 10.1. The van der Waals surface area contributed by atoms with Gasteiger partial charge in [0.15, 0.2) is 0 Å². The molecule has 5 N–H and O–H groups in total. The molecule has 0 saturated heterocycles. The van der Waals surface area contributed by atoms with E-state index in [1.807, 2.05) is 0 Å². The van der Waals surface area contributed by atoms with Gasteiger partial charge in [-0.15, -0.1) is 0 Å². The number of carbonyl (C=O) groups is 2. The molecule has 0 aromatic heterocycles. The largest absolute Gasteiger partial charge is 0.481 e. The highest BCUT2D eigenvalue weighted by Crippen LogP contribution is 2.11. The second-order valence-corrected chi connectivity index (χ2v) is 4.21. The third-order valence-electron chi connectivity index (χ3n) is 2.03. The van der Waals surface area contributed by atoms with Crippen LogP contribution < -0.4 is 0 Å². The summed E-state index contributed by atoms with van der Waals surface area (Å²) in [6.07, 6.45) is 5.82. The minimum Gasteiger partial charge on any atom is -0.481 e. The Labute approximate surface area is 107 Å². The van der Waals surface area contributed by atoms with E-state index in [2.05, 4.69) is 0 Å². The molecule has 0 heterocycles. The van der Waals surface area contributed by atoms with E-state index in [4.69, 9.17) is 24.9 Å². The molecule has 0 aliphatic heterocycles. The first kappa shape index (κ1) is 19.6. The lowest BCUT2D eigenvalue weighted by Crippen LogP contribution is -1.94. The summed E-state index contributed by atoms with van der Waals surface area (Å²) >= 11 is 0. The van der Waals surface area contributed by atoms with Crippen LogP contribution in [0.1, 0.15) is 51.4 Å². The molecule has 18 heavy (non-hydrogen) atoms. The highest BCUT2D eigenvalue weighted by Gasteiger charge is 1.98. The molecule has 0 aromatic carbocycles. The van der Waals surface area contributed by atoms with Gasteiger partial charge in [0, 0.05) is 12.8 Å². The van der Waals surface area contributed by atoms with Gasteiger partial charge >= 0.3 is 20.5 Å². The molecular weight excluding hydrogens is 263 g/mol. The van der Waals surface area contributed by atoms with Gasteiger partial charge in [-0.25, -0.2) is 0 Å². The fraction of sp³-hybridized carbons (Fsp3) is 0.800. The third kappa shape index (κ3) is 29.5. The molecule has 0 saturated carbocycles. The average Bonchev–Trinajstić information content (AvgIpc) is 2.20. The topological polar surface area (TPSA) is 135 Å². The van der Waals surface area contributed by atoms with Crippen LogP contribution in [0.5, 0.6) is 0 Å². The van der Waals surface area contributed by atoms with Crippen LogP contribution in [0.15, 0.2) is 0 Å². The van der Waals surface area contributed by atoms with E-state index in [1.54, 1.807) is 0 Å². The third-order valence-corrected chi connectivity index (χ3v) is 2.03. The second-order valence-electron chi connectivity index (χ2n) is 3.68. The number of hydrogen-bond acceptors (Lipinski definition) is 5. The Bertz CT molecular complexity index is 198. The van der Waals surface area contributed by atoms with Crippen molar-refractivity contribution in [3.05, 3.63) is 0 Å². The normalized spacial score (nSPS) is 9.78. The monoisotopic (exact) mass is 284 g/mol. The van der Waals surface area contributed by atoms with E-state index in [-0.39, 0.29) is 12.8 Å². The molecule has 108 valence electrons. The molecule has 0 rings (SSSR count). The minimum absolute atomic E-state index is 0.245. The van der Waals surface area contributed by atoms with Crippen LogP contribution in [0.4, 0.5) is 0 Å². The Balaban J connectivity index is 0. The predicted octanol–water partition coefficient (Wildman–Crippen LogP) is 1.47. The summed E-state index contributed by atoms with van der Waals surface area (Å²) in [5, 5.41) is 16.7. The van der Waals surface area contributed by atoms with E-state index in [1.165, 1.54) is 0 Å². The van der Waals surface area contributed by atoms with Gasteiger partial charge in [0.1, 0.15) is 0 Å². The molecule has 0 aliphatic rings. The Morgan fingerprint density at radius 1 is 0.667 bits per heavy atom. The van der Waals surface area contributed by atoms with Gasteiger partial charge in [0.05, 0.1) is 0 Å². The van der Waals surface area contributed by atoms with Crippen molar-refractivity contribution in [3.63, 3.8) is 0 Å². The van der Waals surface area contributed by atoms with Gasteiger partial charge < -0.3 is 24.9 Å². The van der Waals surface area contributed by atoms with Gasteiger partial charge in [-0.05, 0) is 12.8 Å². The molecule has 0 radical (unpaired) electrons. The maximum atomic E-state index is 10.1. The lowest BCUT2D eigenvalue weighted by Gasteiger charge is -1.98. The van der Waals surface area contributed by atoms with Crippen LogP contribution in [0, 0.1) is 0 Å². The number of carboxylic acid groups (broad SMARTS) is 2. The van der Waals surface area contributed by atoms with Crippen molar-refractivity contribution in [1.82, 2.24) is 0 Å². The van der Waals surface area contributed by atoms with Gasteiger partial charge in [-0.2, -0.15) is 0 Å². The van der Waals surface area contributed by atoms with E-state index in [9.17, 15) is 9.59 Å². The van der Waals surface area contributed by atoms with Crippen molar-refractivity contribution in [3.8, 4) is 0 Å². The van der Waals surface area contributed by atoms with Crippen molar-refractivity contribution in [2.45, 2.75) is 51.4 Å². The van der Waals surface area contributed by atoms with Gasteiger partial charge in [0.25, 0.3) is 0 Å². The Kier molecular flexibility index (Phi) is 15.6. The molecule has 0 aromatic rings. The number of unbranched alkanes of at least 4 members (excludes halogenated alkanes) is 5. The van der Waals surface area contributed by atoms with E-state index < -0.39 is 20.5 Å². The fourth-order valence-electron chi connectivity index (χ4n) is 1.26. The van der Waals surface area contributed by atoms with Crippen LogP contribution >= 0.6 is 8.60 Å². The van der Waals surface area contributed by atoms with Crippen LogP contribution in [0.25, 0.3) is 0 Å². The van der Waals surface area contributed by atoms with E-state index >= 15 is 0 Å². The van der Waals surface area contributed by atoms with Crippen molar-refractivity contribution in [2.75, 3.05) is 0 Å². The molecule has 0 spiro atoms. The molecule has 0 fully saturated rings. The summed E-state index contributed by atoms with van der Waals surface area (Å²) in [6.45, 7) is 0. The zero-order valence-corrected chi connectivity index (χ0v) is 11.1. The fourth-order valence-corrected chi connectivity index (χ4v) is 1.26. The van der Waals surface area contributed by atoms with Crippen LogP contribution in [-0.2, 0) is 9.59 Å². The zero-order chi connectivity index (χ0) is 14.4. The second kappa shape index (κ2) is 14.3. The summed E-state index contributed by atoms with van der Waals surface area (Å²) < 4.78 is 0. The lowest BCUT2D eigenvalue weighted by molar-refractivity contribution is -0.138. The standard InChI is InChI=1S/C10H18O4.H3O3P/c11-9(12)7-5-3-1-2-4-6-8-10(13)14;1-4(2)3/h1-8H2,(H,11,12)(H,13,14);1-3H. The summed E-state index contributed by atoms with van der Waals surface area (Å²) in [4.78, 5) is 42.0. The summed E-state index contributed by atoms with van der Waals surface area (Å²) in [5.41, 5.74) is 0. The van der Waals surface area contributed by atoms with Gasteiger partial charge in [-0.3, -0.25) is 9.59 Å². The molecule has 0 unspecified atom stereocenters. The number of carboxylic acids is 2. The molecule has 0 atom stereocenters. The first-order valence-corrected chi connectivity index (χ1v) is 6.86. The highest BCUT2D eigenvalue weighted by atomic mass is 31.2. The van der Waals surface area contributed by atoms with Crippen LogP contribution in [0.3, 0.4) is 0 Å². The average molecular weight is 284 g/mol. The van der Waals surface area contributed by atoms with Gasteiger partial charge in [0.2, 0.25) is 0 Å². The highest BCUT2D eigenvalue weighted by molar-refractivity contribution is 7.38. The van der Waals surface area contributed by atoms with Crippen molar-refractivity contribution >= 4 is 20.5 Å². The lowest BCUT2D eigenvalue weighted by atomic mass is 10.1. The Hall–Kier alpha value is -0.750. The molecule has 0 bridgehead atoms. The summed E-state index contributed by atoms with van der Waals surface area (Å²) in [6, 6.07) is 0.